The Bertz CT molecular complexity index is 535. The van der Waals surface area contributed by atoms with Crippen LogP contribution in [0.3, 0.4) is 0 Å². The van der Waals surface area contributed by atoms with Crippen LogP contribution in [0.5, 0.6) is 0 Å². The highest BCUT2D eigenvalue weighted by Gasteiger charge is 2.18. The maximum Gasteiger partial charge on any atom is 0.0940 e. The Kier molecular flexibility index (Phi) is 5.54. The molecule has 2 aromatic rings. The zero-order chi connectivity index (χ0) is 15.2. The summed E-state index contributed by atoms with van der Waals surface area (Å²) in [4.78, 5) is 0. The van der Waals surface area contributed by atoms with Gasteiger partial charge in [0.15, 0.2) is 0 Å². The molecule has 2 nitrogen and oxygen atoms in total. The van der Waals surface area contributed by atoms with Gasteiger partial charge >= 0.3 is 0 Å². The molecule has 2 rings (SSSR count). The van der Waals surface area contributed by atoms with E-state index in [0.717, 1.165) is 12.0 Å². The predicted octanol–water partition coefficient (Wildman–Crippen LogP) is 4.02. The fourth-order valence-corrected chi connectivity index (χ4v) is 2.56. The molecule has 2 aromatic carbocycles. The molecule has 0 spiro atoms. The Morgan fingerprint density at radius 2 is 1.52 bits per heavy atom. The lowest BCUT2D eigenvalue weighted by Crippen LogP contribution is -2.34. The zero-order valence-corrected chi connectivity index (χ0v) is 13.1. The predicted molar refractivity (Wildman–Crippen MR) is 88.2 cm³/mol. The first kappa shape index (κ1) is 15.7. The van der Waals surface area contributed by atoms with E-state index in [1.165, 1.54) is 11.1 Å². The van der Waals surface area contributed by atoms with Crippen molar-refractivity contribution >= 4 is 0 Å². The van der Waals surface area contributed by atoms with Crippen molar-refractivity contribution in [2.75, 3.05) is 0 Å². The molecule has 0 bridgehead atoms. The normalized spacial score (nSPS) is 15.4. The van der Waals surface area contributed by atoms with E-state index in [1.807, 2.05) is 37.3 Å². The summed E-state index contributed by atoms with van der Waals surface area (Å²) < 4.78 is 0. The summed E-state index contributed by atoms with van der Waals surface area (Å²) >= 11 is 0. The van der Waals surface area contributed by atoms with Gasteiger partial charge in [-0.05, 0) is 37.0 Å². The molecule has 112 valence electrons. The van der Waals surface area contributed by atoms with E-state index in [2.05, 4.69) is 43.4 Å². The lowest BCUT2D eigenvalue weighted by molar-refractivity contribution is 0.130. The highest BCUT2D eigenvalue weighted by atomic mass is 16.3. The molecule has 0 heterocycles. The van der Waals surface area contributed by atoms with Crippen molar-refractivity contribution in [3.8, 4) is 0 Å². The summed E-state index contributed by atoms with van der Waals surface area (Å²) in [6, 6.07) is 18.7. The van der Waals surface area contributed by atoms with Crippen LogP contribution in [0, 0.1) is 0 Å². The molecule has 0 aliphatic carbocycles. The number of rotatable bonds is 6. The molecule has 21 heavy (non-hydrogen) atoms. The van der Waals surface area contributed by atoms with Gasteiger partial charge in [-0.25, -0.2) is 0 Å². The second-order valence-corrected chi connectivity index (χ2v) is 5.63. The van der Waals surface area contributed by atoms with E-state index >= 15 is 0 Å². The molecule has 0 aliphatic rings. The number of hydrogen-bond acceptors (Lipinski definition) is 2. The van der Waals surface area contributed by atoms with E-state index in [4.69, 9.17) is 0 Å². The molecule has 2 heteroatoms. The van der Waals surface area contributed by atoms with E-state index in [0.29, 0.717) is 0 Å². The summed E-state index contributed by atoms with van der Waals surface area (Å²) in [5, 5.41) is 14.0. The first-order chi connectivity index (χ1) is 10.1. The maximum atomic E-state index is 10.5. The van der Waals surface area contributed by atoms with Gasteiger partial charge in [0.05, 0.1) is 6.10 Å². The first-order valence-electron chi connectivity index (χ1n) is 7.69. The van der Waals surface area contributed by atoms with Crippen LogP contribution in [0.1, 0.15) is 49.6 Å². The van der Waals surface area contributed by atoms with Crippen LogP contribution in [0.15, 0.2) is 54.6 Å². The molecule has 3 atom stereocenters. The van der Waals surface area contributed by atoms with Crippen molar-refractivity contribution in [3.63, 3.8) is 0 Å². The lowest BCUT2D eigenvalue weighted by Gasteiger charge is -2.25. The molecule has 0 amide bonds. The molecule has 0 aliphatic heterocycles. The Hall–Kier alpha value is -1.64. The van der Waals surface area contributed by atoms with Crippen LogP contribution >= 0.6 is 0 Å². The minimum Gasteiger partial charge on any atom is -0.387 e. The molecule has 0 saturated carbocycles. The van der Waals surface area contributed by atoms with Crippen molar-refractivity contribution in [1.82, 2.24) is 5.32 Å². The molecular weight excluding hydrogens is 258 g/mol. The van der Waals surface area contributed by atoms with Crippen molar-refractivity contribution < 1.29 is 5.11 Å². The number of aliphatic hydroxyl groups is 1. The third kappa shape index (κ3) is 4.16. The molecule has 3 unspecified atom stereocenters. The van der Waals surface area contributed by atoms with Crippen molar-refractivity contribution in [3.05, 3.63) is 71.3 Å². The number of benzene rings is 2. The van der Waals surface area contributed by atoms with Gasteiger partial charge in [-0.1, -0.05) is 61.5 Å². The first-order valence-corrected chi connectivity index (χ1v) is 7.69. The van der Waals surface area contributed by atoms with Crippen LogP contribution in [0.25, 0.3) is 0 Å². The van der Waals surface area contributed by atoms with Crippen LogP contribution in [0.2, 0.25) is 0 Å². The van der Waals surface area contributed by atoms with E-state index in [-0.39, 0.29) is 12.1 Å². The monoisotopic (exact) mass is 283 g/mol. The summed E-state index contributed by atoms with van der Waals surface area (Å²) in [5.41, 5.74) is 3.49. The van der Waals surface area contributed by atoms with Crippen molar-refractivity contribution in [2.45, 2.75) is 45.4 Å². The van der Waals surface area contributed by atoms with E-state index in [9.17, 15) is 5.11 Å². The van der Waals surface area contributed by atoms with Crippen molar-refractivity contribution in [1.29, 1.82) is 0 Å². The van der Waals surface area contributed by atoms with Gasteiger partial charge in [0.1, 0.15) is 0 Å². The molecule has 0 aromatic heterocycles. The largest absolute Gasteiger partial charge is 0.387 e. The molecule has 0 fully saturated rings. The van der Waals surface area contributed by atoms with Gasteiger partial charge in [0, 0.05) is 12.1 Å². The average molecular weight is 283 g/mol. The lowest BCUT2D eigenvalue weighted by atomic mass is 9.99. The van der Waals surface area contributed by atoms with E-state index < -0.39 is 6.10 Å². The smallest absolute Gasteiger partial charge is 0.0940 e. The zero-order valence-electron chi connectivity index (χ0n) is 13.1. The summed E-state index contributed by atoms with van der Waals surface area (Å²) in [5.74, 6) is 0. The van der Waals surface area contributed by atoms with Crippen LogP contribution in [-0.4, -0.2) is 11.1 Å². The van der Waals surface area contributed by atoms with Gasteiger partial charge in [0.25, 0.3) is 0 Å². The number of aliphatic hydroxyl groups excluding tert-OH is 1. The standard InChI is InChI=1S/C19H25NO/c1-4-16-10-12-18(13-11-16)19(21)15(3)20-14(2)17-8-6-5-7-9-17/h5-15,19-21H,4H2,1-3H3. The van der Waals surface area contributed by atoms with E-state index in [1.54, 1.807) is 0 Å². The SMILES string of the molecule is CCc1ccc(C(O)C(C)NC(C)c2ccccc2)cc1. The molecule has 0 saturated heterocycles. The fourth-order valence-electron chi connectivity index (χ4n) is 2.56. The topological polar surface area (TPSA) is 32.3 Å². The summed E-state index contributed by atoms with van der Waals surface area (Å²) in [6.07, 6.45) is 0.525. The Morgan fingerprint density at radius 3 is 2.10 bits per heavy atom. The Morgan fingerprint density at radius 1 is 0.905 bits per heavy atom. The molecular formula is C19H25NO. The minimum atomic E-state index is -0.498. The van der Waals surface area contributed by atoms with Crippen LogP contribution in [0.4, 0.5) is 0 Å². The number of aryl methyl sites for hydroxylation is 1. The molecule has 0 radical (unpaired) electrons. The van der Waals surface area contributed by atoms with Gasteiger partial charge in [0.2, 0.25) is 0 Å². The highest BCUT2D eigenvalue weighted by molar-refractivity contribution is 5.25. The summed E-state index contributed by atoms with van der Waals surface area (Å²) in [6.45, 7) is 6.29. The number of hydrogen-bond donors (Lipinski definition) is 2. The second-order valence-electron chi connectivity index (χ2n) is 5.63. The second kappa shape index (κ2) is 7.39. The van der Waals surface area contributed by atoms with Crippen LogP contribution < -0.4 is 5.32 Å². The molecule has 2 N–H and O–H groups in total. The van der Waals surface area contributed by atoms with Crippen LogP contribution in [-0.2, 0) is 6.42 Å². The van der Waals surface area contributed by atoms with Gasteiger partial charge < -0.3 is 10.4 Å². The minimum absolute atomic E-state index is 0.00678. The Balaban J connectivity index is 2.00. The third-order valence-electron chi connectivity index (χ3n) is 4.02. The van der Waals surface area contributed by atoms with Gasteiger partial charge in [-0.3, -0.25) is 0 Å². The highest BCUT2D eigenvalue weighted by Crippen LogP contribution is 2.20. The van der Waals surface area contributed by atoms with Crippen molar-refractivity contribution in [2.24, 2.45) is 0 Å². The van der Waals surface area contributed by atoms with Gasteiger partial charge in [-0.2, -0.15) is 0 Å². The number of nitrogens with one attached hydrogen (secondary N) is 1. The van der Waals surface area contributed by atoms with Gasteiger partial charge in [-0.15, -0.1) is 0 Å². The summed E-state index contributed by atoms with van der Waals surface area (Å²) in [7, 11) is 0. The maximum absolute atomic E-state index is 10.5. The fraction of sp³-hybridized carbons (Fsp3) is 0.368. The average Bonchev–Trinajstić information content (AvgIpc) is 2.55. The quantitative estimate of drug-likeness (QED) is 0.839. The third-order valence-corrected chi connectivity index (χ3v) is 4.02. The Labute approximate surface area is 127 Å².